The Labute approximate surface area is 136 Å². The third-order valence-electron chi connectivity index (χ3n) is 4.26. The maximum Gasteiger partial charge on any atom is 0.0948 e. The minimum Gasteiger partial charge on any atom is -0.387 e. The Morgan fingerprint density at radius 2 is 1.83 bits per heavy atom. The molecule has 3 N–H and O–H groups in total. The predicted octanol–water partition coefficient (Wildman–Crippen LogP) is 3.98. The van der Waals surface area contributed by atoms with Gasteiger partial charge >= 0.3 is 0 Å². The number of rotatable bonds is 4. The number of aliphatic hydroxyl groups excluding tert-OH is 1. The summed E-state index contributed by atoms with van der Waals surface area (Å²) >= 11 is 0. The Balaban J connectivity index is 2.24. The van der Waals surface area contributed by atoms with Gasteiger partial charge in [-0.15, -0.1) is 0 Å². The standard InChI is InChI=1S/C20H22N2O/c1-3-17(21)20(23)16-12-19(14-7-5-4-6-8-14)22-18-10-9-13(2)11-15(16)18/h4-12,17,20,23H,3,21H2,1-2H3. The molecule has 0 aliphatic carbocycles. The van der Waals surface area contributed by atoms with Gasteiger partial charge in [-0.2, -0.15) is 0 Å². The van der Waals surface area contributed by atoms with E-state index in [1.807, 2.05) is 62.4 Å². The lowest BCUT2D eigenvalue weighted by molar-refractivity contribution is 0.146. The first-order valence-corrected chi connectivity index (χ1v) is 8.00. The van der Waals surface area contributed by atoms with Crippen molar-refractivity contribution in [1.29, 1.82) is 0 Å². The summed E-state index contributed by atoms with van der Waals surface area (Å²) in [7, 11) is 0. The van der Waals surface area contributed by atoms with Gasteiger partial charge in [-0.1, -0.05) is 48.9 Å². The van der Waals surface area contributed by atoms with Crippen LogP contribution in [0.2, 0.25) is 0 Å². The van der Waals surface area contributed by atoms with Crippen LogP contribution < -0.4 is 5.73 Å². The number of hydrogen-bond donors (Lipinski definition) is 2. The summed E-state index contributed by atoms with van der Waals surface area (Å²) in [6.45, 7) is 4.03. The van der Waals surface area contributed by atoms with Crippen LogP contribution in [0.25, 0.3) is 22.2 Å². The van der Waals surface area contributed by atoms with Crippen LogP contribution in [-0.4, -0.2) is 16.1 Å². The van der Waals surface area contributed by atoms with E-state index in [-0.39, 0.29) is 6.04 Å². The molecule has 2 atom stereocenters. The summed E-state index contributed by atoms with van der Waals surface area (Å²) in [4.78, 5) is 4.76. The van der Waals surface area contributed by atoms with E-state index in [1.54, 1.807) is 0 Å². The van der Waals surface area contributed by atoms with Crippen molar-refractivity contribution < 1.29 is 5.11 Å². The number of benzene rings is 2. The van der Waals surface area contributed by atoms with E-state index in [2.05, 4.69) is 6.07 Å². The first-order chi connectivity index (χ1) is 11.1. The minimum atomic E-state index is -0.699. The smallest absolute Gasteiger partial charge is 0.0948 e. The molecule has 0 spiro atoms. The first kappa shape index (κ1) is 15.7. The Hall–Kier alpha value is -2.23. The molecule has 0 aliphatic heterocycles. The Morgan fingerprint density at radius 3 is 2.52 bits per heavy atom. The average Bonchev–Trinajstić information content (AvgIpc) is 2.60. The van der Waals surface area contributed by atoms with Crippen molar-refractivity contribution in [2.45, 2.75) is 32.4 Å². The normalized spacial score (nSPS) is 13.9. The molecule has 3 rings (SSSR count). The topological polar surface area (TPSA) is 59.1 Å². The second-order valence-corrected chi connectivity index (χ2v) is 6.00. The van der Waals surface area contributed by atoms with Crippen molar-refractivity contribution in [3.63, 3.8) is 0 Å². The summed E-state index contributed by atoms with van der Waals surface area (Å²) in [5.41, 5.74) is 10.9. The number of aliphatic hydroxyl groups is 1. The molecule has 3 aromatic rings. The lowest BCUT2D eigenvalue weighted by atomic mass is 9.94. The van der Waals surface area contributed by atoms with Crippen LogP contribution in [-0.2, 0) is 0 Å². The van der Waals surface area contributed by atoms with Crippen LogP contribution in [0.15, 0.2) is 54.6 Å². The summed E-state index contributed by atoms with van der Waals surface area (Å²) in [6, 6.07) is 17.8. The minimum absolute atomic E-state index is 0.287. The SMILES string of the molecule is CCC(N)C(O)c1cc(-c2ccccc2)nc2ccc(C)cc12. The van der Waals surface area contributed by atoms with E-state index in [1.165, 1.54) is 0 Å². The quantitative estimate of drug-likeness (QED) is 0.766. The summed E-state index contributed by atoms with van der Waals surface area (Å²) in [5, 5.41) is 11.7. The summed E-state index contributed by atoms with van der Waals surface area (Å²) in [5.74, 6) is 0. The number of aromatic nitrogens is 1. The van der Waals surface area contributed by atoms with Crippen molar-refractivity contribution in [2.75, 3.05) is 0 Å². The molecule has 3 heteroatoms. The fourth-order valence-electron chi connectivity index (χ4n) is 2.82. The van der Waals surface area contributed by atoms with Gasteiger partial charge in [0.1, 0.15) is 0 Å². The highest BCUT2D eigenvalue weighted by Crippen LogP contribution is 2.30. The lowest BCUT2D eigenvalue weighted by Crippen LogP contribution is -2.27. The molecule has 2 aromatic carbocycles. The second kappa shape index (κ2) is 6.49. The molecule has 0 bridgehead atoms. The average molecular weight is 306 g/mol. The Morgan fingerprint density at radius 1 is 1.09 bits per heavy atom. The van der Waals surface area contributed by atoms with E-state index in [4.69, 9.17) is 10.7 Å². The van der Waals surface area contributed by atoms with E-state index in [0.29, 0.717) is 0 Å². The van der Waals surface area contributed by atoms with Gasteiger partial charge in [0.15, 0.2) is 0 Å². The van der Waals surface area contributed by atoms with Crippen LogP contribution in [0.3, 0.4) is 0 Å². The molecule has 23 heavy (non-hydrogen) atoms. The van der Waals surface area contributed by atoms with Crippen LogP contribution in [0, 0.1) is 6.92 Å². The van der Waals surface area contributed by atoms with Gasteiger partial charge < -0.3 is 10.8 Å². The zero-order valence-corrected chi connectivity index (χ0v) is 13.5. The van der Waals surface area contributed by atoms with Gasteiger partial charge in [0.25, 0.3) is 0 Å². The highest BCUT2D eigenvalue weighted by molar-refractivity contribution is 5.86. The van der Waals surface area contributed by atoms with E-state index >= 15 is 0 Å². The molecule has 2 unspecified atom stereocenters. The maximum absolute atomic E-state index is 10.7. The molecule has 1 heterocycles. The molecular formula is C20H22N2O. The second-order valence-electron chi connectivity index (χ2n) is 6.00. The Bertz CT molecular complexity index is 814. The van der Waals surface area contributed by atoms with E-state index in [0.717, 1.165) is 39.7 Å². The molecule has 0 aliphatic rings. The number of aryl methyl sites for hydroxylation is 1. The van der Waals surface area contributed by atoms with Gasteiger partial charge in [0.05, 0.1) is 17.3 Å². The zero-order chi connectivity index (χ0) is 16.4. The maximum atomic E-state index is 10.7. The first-order valence-electron chi connectivity index (χ1n) is 8.00. The summed E-state index contributed by atoms with van der Waals surface area (Å²) < 4.78 is 0. The number of nitrogens with two attached hydrogens (primary N) is 1. The molecule has 0 radical (unpaired) electrons. The van der Waals surface area contributed by atoms with Crippen molar-refractivity contribution in [3.05, 3.63) is 65.7 Å². The van der Waals surface area contributed by atoms with E-state index in [9.17, 15) is 5.11 Å². The van der Waals surface area contributed by atoms with Crippen molar-refractivity contribution in [1.82, 2.24) is 4.98 Å². The molecule has 0 saturated heterocycles. The fraction of sp³-hybridized carbons (Fsp3) is 0.250. The van der Waals surface area contributed by atoms with Crippen LogP contribution in [0.4, 0.5) is 0 Å². The fourth-order valence-corrected chi connectivity index (χ4v) is 2.82. The van der Waals surface area contributed by atoms with Gasteiger partial charge in [0, 0.05) is 17.0 Å². The lowest BCUT2D eigenvalue weighted by Gasteiger charge is -2.20. The molecule has 118 valence electrons. The highest BCUT2D eigenvalue weighted by atomic mass is 16.3. The monoisotopic (exact) mass is 306 g/mol. The molecule has 0 amide bonds. The third-order valence-corrected chi connectivity index (χ3v) is 4.26. The molecule has 0 saturated carbocycles. The van der Waals surface area contributed by atoms with Crippen LogP contribution >= 0.6 is 0 Å². The molecule has 0 fully saturated rings. The van der Waals surface area contributed by atoms with Crippen molar-refractivity contribution in [3.8, 4) is 11.3 Å². The van der Waals surface area contributed by atoms with Gasteiger partial charge in [-0.05, 0) is 37.1 Å². The predicted molar refractivity (Wildman–Crippen MR) is 95.1 cm³/mol. The van der Waals surface area contributed by atoms with Gasteiger partial charge in [-0.3, -0.25) is 0 Å². The Kier molecular flexibility index (Phi) is 4.42. The van der Waals surface area contributed by atoms with Crippen LogP contribution in [0.1, 0.15) is 30.6 Å². The van der Waals surface area contributed by atoms with Crippen molar-refractivity contribution in [2.24, 2.45) is 5.73 Å². The number of fused-ring (bicyclic) bond motifs is 1. The van der Waals surface area contributed by atoms with Crippen LogP contribution in [0.5, 0.6) is 0 Å². The highest BCUT2D eigenvalue weighted by Gasteiger charge is 2.19. The molecule has 3 nitrogen and oxygen atoms in total. The van der Waals surface area contributed by atoms with Crippen molar-refractivity contribution >= 4 is 10.9 Å². The number of pyridine rings is 1. The number of hydrogen-bond acceptors (Lipinski definition) is 3. The van der Waals surface area contributed by atoms with E-state index < -0.39 is 6.10 Å². The largest absolute Gasteiger partial charge is 0.387 e. The third kappa shape index (κ3) is 3.11. The molecule has 1 aromatic heterocycles. The zero-order valence-electron chi connectivity index (χ0n) is 13.5. The van der Waals surface area contributed by atoms with Gasteiger partial charge in [0.2, 0.25) is 0 Å². The van der Waals surface area contributed by atoms with Gasteiger partial charge in [-0.25, -0.2) is 4.98 Å². The summed E-state index contributed by atoms with van der Waals surface area (Å²) in [6.07, 6.45) is 0.0204. The molecular weight excluding hydrogens is 284 g/mol. The number of nitrogens with zero attached hydrogens (tertiary/aromatic N) is 1.